The number of halogens is 2. The summed E-state index contributed by atoms with van der Waals surface area (Å²) in [6, 6.07) is 23.7. The van der Waals surface area contributed by atoms with Crippen molar-refractivity contribution >= 4 is 53.7 Å². The Morgan fingerprint density at radius 3 is 1.83 bits per heavy atom. The van der Waals surface area contributed by atoms with Gasteiger partial charge in [-0.1, -0.05) is 74.3 Å². The third-order valence-corrected chi connectivity index (χ3v) is 5.24. The highest BCUT2D eigenvalue weighted by molar-refractivity contribution is 9.10. The van der Waals surface area contributed by atoms with Crippen LogP contribution in [0, 0.1) is 0 Å². The van der Waals surface area contributed by atoms with Crippen LogP contribution in [0.15, 0.2) is 75.7 Å². The van der Waals surface area contributed by atoms with Gasteiger partial charge in [0, 0.05) is 26.3 Å². The first-order valence-electron chi connectivity index (χ1n) is 7.63. The normalized spacial score (nSPS) is 11.4. The summed E-state index contributed by atoms with van der Waals surface area (Å²) in [6.07, 6.45) is 1.03. The molecule has 4 rings (SSSR count). The van der Waals surface area contributed by atoms with Crippen LogP contribution in [0.5, 0.6) is 0 Å². The molecule has 0 bridgehead atoms. The minimum absolute atomic E-state index is 0.969. The van der Waals surface area contributed by atoms with Gasteiger partial charge in [-0.15, -0.1) is 0 Å². The molecule has 0 amide bonds. The monoisotopic (exact) mass is 427 g/mol. The molecule has 23 heavy (non-hydrogen) atoms. The summed E-state index contributed by atoms with van der Waals surface area (Å²) in [5, 5.41) is 2.62. The van der Waals surface area contributed by atoms with E-state index < -0.39 is 0 Å². The van der Waals surface area contributed by atoms with Gasteiger partial charge in [0.2, 0.25) is 0 Å². The van der Waals surface area contributed by atoms with E-state index in [0.29, 0.717) is 0 Å². The van der Waals surface area contributed by atoms with Crippen LogP contribution in [0.25, 0.3) is 21.8 Å². The second-order valence-electron chi connectivity index (χ2n) is 5.71. The van der Waals surface area contributed by atoms with Crippen LogP contribution in [0.1, 0.15) is 5.56 Å². The fraction of sp³-hybridized carbons (Fsp3) is 0.100. The van der Waals surface area contributed by atoms with Gasteiger partial charge in [-0.3, -0.25) is 0 Å². The fourth-order valence-electron chi connectivity index (χ4n) is 3.17. The maximum absolute atomic E-state index is 3.61. The van der Waals surface area contributed by atoms with E-state index in [-0.39, 0.29) is 0 Å². The molecule has 0 aliphatic rings. The zero-order valence-electron chi connectivity index (χ0n) is 12.5. The molecule has 0 unspecified atom stereocenters. The molecule has 3 heteroatoms. The van der Waals surface area contributed by atoms with E-state index in [4.69, 9.17) is 0 Å². The highest BCUT2D eigenvalue weighted by atomic mass is 79.9. The molecule has 0 radical (unpaired) electrons. The van der Waals surface area contributed by atoms with Crippen LogP contribution in [-0.2, 0) is 13.0 Å². The van der Waals surface area contributed by atoms with E-state index in [1.807, 2.05) is 0 Å². The molecule has 3 aromatic carbocycles. The van der Waals surface area contributed by atoms with Crippen molar-refractivity contribution in [2.75, 3.05) is 0 Å². The topological polar surface area (TPSA) is 4.93 Å². The van der Waals surface area contributed by atoms with E-state index in [0.717, 1.165) is 21.9 Å². The van der Waals surface area contributed by atoms with E-state index in [1.54, 1.807) is 0 Å². The molecule has 1 nitrogen and oxygen atoms in total. The van der Waals surface area contributed by atoms with Gasteiger partial charge in [0.1, 0.15) is 0 Å². The van der Waals surface area contributed by atoms with Crippen molar-refractivity contribution in [3.05, 3.63) is 81.2 Å². The molecule has 0 fully saturated rings. The van der Waals surface area contributed by atoms with Crippen LogP contribution < -0.4 is 0 Å². The van der Waals surface area contributed by atoms with Gasteiger partial charge in [0.05, 0.1) is 11.0 Å². The van der Waals surface area contributed by atoms with Gasteiger partial charge in [-0.05, 0) is 36.2 Å². The van der Waals surface area contributed by atoms with Crippen LogP contribution >= 0.6 is 31.9 Å². The molecular formula is C20H15Br2N. The van der Waals surface area contributed by atoms with Crippen molar-refractivity contribution in [2.45, 2.75) is 13.0 Å². The molecule has 1 aromatic heterocycles. The first-order chi connectivity index (χ1) is 11.2. The van der Waals surface area contributed by atoms with Gasteiger partial charge < -0.3 is 4.57 Å². The molecule has 0 spiro atoms. The molecule has 4 aromatic rings. The minimum Gasteiger partial charge on any atom is -0.340 e. The van der Waals surface area contributed by atoms with Crippen LogP contribution in [-0.4, -0.2) is 4.57 Å². The maximum atomic E-state index is 3.61. The van der Waals surface area contributed by atoms with Gasteiger partial charge in [-0.25, -0.2) is 0 Å². The Morgan fingerprint density at radius 2 is 1.26 bits per heavy atom. The molecule has 114 valence electrons. The summed E-state index contributed by atoms with van der Waals surface area (Å²) in [7, 11) is 0. The minimum atomic E-state index is 0.969. The Hall–Kier alpha value is -1.58. The molecule has 0 N–H and O–H groups in total. The van der Waals surface area contributed by atoms with Gasteiger partial charge in [-0.2, -0.15) is 0 Å². The molecule has 0 saturated carbocycles. The highest BCUT2D eigenvalue weighted by Gasteiger charge is 2.11. The Bertz CT molecular complexity index is 928. The Balaban J connectivity index is 1.87. The number of aryl methyl sites for hydroxylation is 2. The zero-order chi connectivity index (χ0) is 15.8. The number of hydrogen-bond acceptors (Lipinski definition) is 0. The summed E-state index contributed by atoms with van der Waals surface area (Å²) in [4.78, 5) is 0. The molecule has 0 aliphatic heterocycles. The average Bonchev–Trinajstić information content (AvgIpc) is 2.86. The number of rotatable bonds is 3. The molecular weight excluding hydrogens is 414 g/mol. The highest BCUT2D eigenvalue weighted by Crippen LogP contribution is 2.32. The summed E-state index contributed by atoms with van der Waals surface area (Å²) >= 11 is 7.22. The third-order valence-electron chi connectivity index (χ3n) is 4.26. The lowest BCUT2D eigenvalue weighted by molar-refractivity contribution is 0.745. The summed E-state index contributed by atoms with van der Waals surface area (Å²) in [6.45, 7) is 0.969. The lowest BCUT2D eigenvalue weighted by atomic mass is 10.1. The van der Waals surface area contributed by atoms with Crippen LogP contribution in [0.3, 0.4) is 0 Å². The first-order valence-corrected chi connectivity index (χ1v) is 9.22. The molecule has 0 atom stereocenters. The van der Waals surface area contributed by atoms with Gasteiger partial charge >= 0.3 is 0 Å². The Labute approximate surface area is 152 Å². The second kappa shape index (κ2) is 6.14. The van der Waals surface area contributed by atoms with Crippen LogP contribution in [0.2, 0.25) is 0 Å². The van der Waals surface area contributed by atoms with Gasteiger partial charge in [0.25, 0.3) is 0 Å². The lowest BCUT2D eigenvalue weighted by Gasteiger charge is -2.08. The summed E-state index contributed by atoms with van der Waals surface area (Å²) in [5.74, 6) is 0. The second-order valence-corrected chi connectivity index (χ2v) is 7.54. The van der Waals surface area contributed by atoms with Crippen molar-refractivity contribution in [2.24, 2.45) is 0 Å². The predicted molar refractivity (Wildman–Crippen MR) is 105 cm³/mol. The van der Waals surface area contributed by atoms with Gasteiger partial charge in [0.15, 0.2) is 0 Å². The van der Waals surface area contributed by atoms with Crippen LogP contribution in [0.4, 0.5) is 0 Å². The lowest BCUT2D eigenvalue weighted by Crippen LogP contribution is -2.01. The van der Waals surface area contributed by atoms with Crippen molar-refractivity contribution in [3.8, 4) is 0 Å². The standard InChI is InChI=1S/C20H15Br2N/c21-15-6-8-17-18-9-7-16(22)13-20(18)23(19(17)12-15)11-10-14-4-2-1-3-5-14/h1-9,12-13H,10-11H2. The number of nitrogens with zero attached hydrogens (tertiary/aromatic N) is 1. The molecule has 0 saturated heterocycles. The van der Waals surface area contributed by atoms with Crippen molar-refractivity contribution in [1.29, 1.82) is 0 Å². The third kappa shape index (κ3) is 2.84. The number of hydrogen-bond donors (Lipinski definition) is 0. The van der Waals surface area contributed by atoms with Crippen molar-refractivity contribution in [1.82, 2.24) is 4.57 Å². The van der Waals surface area contributed by atoms with Crippen molar-refractivity contribution in [3.63, 3.8) is 0 Å². The van der Waals surface area contributed by atoms with E-state index in [9.17, 15) is 0 Å². The summed E-state index contributed by atoms with van der Waals surface area (Å²) < 4.78 is 4.66. The number of fused-ring (bicyclic) bond motifs is 3. The van der Waals surface area contributed by atoms with E-state index in [2.05, 4.69) is 103 Å². The molecule has 0 aliphatic carbocycles. The molecule has 1 heterocycles. The fourth-order valence-corrected chi connectivity index (χ4v) is 3.87. The summed E-state index contributed by atoms with van der Waals surface area (Å²) in [5.41, 5.74) is 3.93. The predicted octanol–water partition coefficient (Wildman–Crippen LogP) is 6.56. The Kier molecular flexibility index (Phi) is 4.00. The largest absolute Gasteiger partial charge is 0.340 e. The maximum Gasteiger partial charge on any atom is 0.0502 e. The number of benzene rings is 3. The van der Waals surface area contributed by atoms with E-state index >= 15 is 0 Å². The first kappa shape index (κ1) is 15.0. The quantitative estimate of drug-likeness (QED) is 0.348. The zero-order valence-corrected chi connectivity index (χ0v) is 15.6. The number of aromatic nitrogens is 1. The SMILES string of the molecule is Brc1ccc2c3ccc(Br)cc3n(CCc3ccccc3)c2c1. The van der Waals surface area contributed by atoms with E-state index in [1.165, 1.54) is 27.4 Å². The smallest absolute Gasteiger partial charge is 0.0502 e. The average molecular weight is 429 g/mol. The van der Waals surface area contributed by atoms with Crippen molar-refractivity contribution < 1.29 is 0 Å². The Morgan fingerprint density at radius 1 is 0.696 bits per heavy atom.